The third kappa shape index (κ3) is 1.56. The first-order valence-electron chi connectivity index (χ1n) is 5.02. The maximum Gasteiger partial charge on any atom is 0.216 e. The topological polar surface area (TPSA) is 39.4 Å². The van der Waals surface area contributed by atoms with Crippen molar-refractivity contribution in [1.29, 1.82) is 0 Å². The minimum atomic E-state index is 0.390. The van der Waals surface area contributed by atoms with Crippen LogP contribution in [0.3, 0.4) is 0 Å². The van der Waals surface area contributed by atoms with E-state index >= 15 is 0 Å². The third-order valence-electron chi connectivity index (χ3n) is 2.41. The van der Waals surface area contributed by atoms with E-state index in [1.165, 1.54) is 0 Å². The number of rotatable bonds is 2. The molecule has 0 aromatic carbocycles. The molecule has 0 spiro atoms. The summed E-state index contributed by atoms with van der Waals surface area (Å²) < 4.78 is 7.18. The van der Waals surface area contributed by atoms with Crippen molar-refractivity contribution in [3.8, 4) is 5.88 Å². The van der Waals surface area contributed by atoms with Gasteiger partial charge in [0.05, 0.1) is 13.3 Å². The van der Waals surface area contributed by atoms with Gasteiger partial charge in [-0.15, -0.1) is 0 Å². The van der Waals surface area contributed by atoms with Gasteiger partial charge in [-0.05, 0) is 6.92 Å². The summed E-state index contributed by atoms with van der Waals surface area (Å²) in [6.45, 7) is 6.28. The maximum absolute atomic E-state index is 5.12. The first-order valence-corrected chi connectivity index (χ1v) is 5.02. The van der Waals surface area contributed by atoms with Gasteiger partial charge in [-0.25, -0.2) is 4.98 Å². The fourth-order valence-electron chi connectivity index (χ4n) is 1.70. The van der Waals surface area contributed by atoms with E-state index < -0.39 is 0 Å². The number of aromatic nitrogens is 3. The van der Waals surface area contributed by atoms with Gasteiger partial charge in [0.2, 0.25) is 5.88 Å². The van der Waals surface area contributed by atoms with Gasteiger partial charge in [0, 0.05) is 17.7 Å². The zero-order valence-electron chi connectivity index (χ0n) is 9.48. The minimum absolute atomic E-state index is 0.390. The van der Waals surface area contributed by atoms with E-state index in [1.54, 1.807) is 13.3 Å². The highest BCUT2D eigenvalue weighted by atomic mass is 16.5. The molecule has 0 aliphatic rings. The molecule has 0 aliphatic heterocycles. The summed E-state index contributed by atoms with van der Waals surface area (Å²) in [6, 6.07) is 1.92. The van der Waals surface area contributed by atoms with Crippen LogP contribution in [0.25, 0.3) is 5.65 Å². The second kappa shape index (κ2) is 3.53. The zero-order chi connectivity index (χ0) is 11.0. The van der Waals surface area contributed by atoms with Crippen LogP contribution in [0.15, 0.2) is 12.3 Å². The Bertz CT molecular complexity index is 488. The summed E-state index contributed by atoms with van der Waals surface area (Å²) in [4.78, 5) is 8.71. The molecule has 0 fully saturated rings. The van der Waals surface area contributed by atoms with Crippen molar-refractivity contribution in [3.63, 3.8) is 0 Å². The van der Waals surface area contributed by atoms with Gasteiger partial charge in [0.25, 0.3) is 0 Å². The van der Waals surface area contributed by atoms with Crippen LogP contribution in [0.2, 0.25) is 0 Å². The Morgan fingerprint density at radius 3 is 2.73 bits per heavy atom. The molecule has 0 saturated heterocycles. The summed E-state index contributed by atoms with van der Waals surface area (Å²) in [5, 5.41) is 0. The molecule has 4 nitrogen and oxygen atoms in total. The lowest BCUT2D eigenvalue weighted by atomic mass is 10.2. The molecule has 0 radical (unpaired) electrons. The molecule has 2 aromatic rings. The molecule has 0 amide bonds. The van der Waals surface area contributed by atoms with Gasteiger partial charge in [0.1, 0.15) is 5.82 Å². The maximum atomic E-state index is 5.12. The average molecular weight is 205 g/mol. The van der Waals surface area contributed by atoms with Gasteiger partial charge in [-0.1, -0.05) is 13.8 Å². The molecule has 0 aliphatic carbocycles. The molecule has 15 heavy (non-hydrogen) atoms. The molecule has 0 bridgehead atoms. The van der Waals surface area contributed by atoms with Gasteiger partial charge >= 0.3 is 0 Å². The SMILES string of the molecule is COc1cc(C)n2c(C(C)C)ncc2n1. The van der Waals surface area contributed by atoms with Crippen LogP contribution in [0.4, 0.5) is 0 Å². The summed E-state index contributed by atoms with van der Waals surface area (Å²) in [6.07, 6.45) is 1.78. The largest absolute Gasteiger partial charge is 0.481 e. The second-order valence-corrected chi connectivity index (χ2v) is 3.90. The lowest BCUT2D eigenvalue weighted by Gasteiger charge is -2.08. The standard InChI is InChI=1S/C11H15N3O/c1-7(2)11-12-6-9-13-10(15-4)5-8(3)14(9)11/h5-7H,1-4H3. The van der Waals surface area contributed by atoms with Crippen LogP contribution in [-0.4, -0.2) is 21.5 Å². The molecule has 2 heterocycles. The Hall–Kier alpha value is -1.58. The Labute approximate surface area is 88.9 Å². The molecule has 0 atom stereocenters. The smallest absolute Gasteiger partial charge is 0.216 e. The van der Waals surface area contributed by atoms with Gasteiger partial charge in [-0.2, -0.15) is 4.98 Å². The summed E-state index contributed by atoms with van der Waals surface area (Å²) in [5.74, 6) is 2.06. The summed E-state index contributed by atoms with van der Waals surface area (Å²) >= 11 is 0. The van der Waals surface area contributed by atoms with Crippen molar-refractivity contribution >= 4 is 5.65 Å². The number of hydrogen-bond acceptors (Lipinski definition) is 3. The van der Waals surface area contributed by atoms with Gasteiger partial charge in [-0.3, -0.25) is 4.40 Å². The molecular formula is C11H15N3O. The molecule has 2 rings (SSSR count). The predicted octanol–water partition coefficient (Wildman–Crippen LogP) is 2.17. The first kappa shape index (κ1) is 9.96. The van der Waals surface area contributed by atoms with E-state index in [9.17, 15) is 0 Å². The molecule has 2 aromatic heterocycles. The normalized spacial score (nSPS) is 11.3. The number of nitrogens with zero attached hydrogens (tertiary/aromatic N) is 3. The first-order chi connectivity index (χ1) is 7.13. The van der Waals surface area contributed by atoms with Crippen LogP contribution >= 0.6 is 0 Å². The van der Waals surface area contributed by atoms with Gasteiger partial charge < -0.3 is 4.74 Å². The van der Waals surface area contributed by atoms with E-state index in [1.807, 2.05) is 13.0 Å². The minimum Gasteiger partial charge on any atom is -0.481 e. The van der Waals surface area contributed by atoms with Crippen molar-refractivity contribution < 1.29 is 4.74 Å². The monoisotopic (exact) mass is 205 g/mol. The van der Waals surface area contributed by atoms with Crippen molar-refractivity contribution in [2.24, 2.45) is 0 Å². The summed E-state index contributed by atoms with van der Waals surface area (Å²) in [7, 11) is 1.62. The lowest BCUT2D eigenvalue weighted by Crippen LogP contribution is -2.02. The third-order valence-corrected chi connectivity index (χ3v) is 2.41. The fraction of sp³-hybridized carbons (Fsp3) is 0.455. The highest BCUT2D eigenvalue weighted by Gasteiger charge is 2.11. The van der Waals surface area contributed by atoms with Crippen molar-refractivity contribution in [1.82, 2.24) is 14.4 Å². The Morgan fingerprint density at radius 2 is 2.13 bits per heavy atom. The molecule has 0 N–H and O–H groups in total. The van der Waals surface area contributed by atoms with Crippen molar-refractivity contribution in [2.45, 2.75) is 26.7 Å². The number of aryl methyl sites for hydroxylation is 1. The van der Waals surface area contributed by atoms with Crippen molar-refractivity contribution in [3.05, 3.63) is 23.8 Å². The van der Waals surface area contributed by atoms with Crippen LogP contribution in [0, 0.1) is 6.92 Å². The Kier molecular flexibility index (Phi) is 2.34. The number of methoxy groups -OCH3 is 1. The number of fused-ring (bicyclic) bond motifs is 1. The predicted molar refractivity (Wildman–Crippen MR) is 58.4 cm³/mol. The van der Waals surface area contributed by atoms with Crippen molar-refractivity contribution in [2.75, 3.05) is 7.11 Å². The molecule has 80 valence electrons. The number of imidazole rings is 1. The van der Waals surface area contributed by atoms with Crippen LogP contribution in [0.5, 0.6) is 5.88 Å². The zero-order valence-corrected chi connectivity index (χ0v) is 9.48. The number of hydrogen-bond donors (Lipinski definition) is 0. The molecule has 4 heteroatoms. The second-order valence-electron chi connectivity index (χ2n) is 3.90. The van der Waals surface area contributed by atoms with Crippen LogP contribution in [-0.2, 0) is 0 Å². The quantitative estimate of drug-likeness (QED) is 0.754. The number of ether oxygens (including phenoxy) is 1. The molecular weight excluding hydrogens is 190 g/mol. The fourth-order valence-corrected chi connectivity index (χ4v) is 1.70. The van der Waals surface area contributed by atoms with Crippen LogP contribution in [0.1, 0.15) is 31.3 Å². The Morgan fingerprint density at radius 1 is 1.40 bits per heavy atom. The highest BCUT2D eigenvalue weighted by molar-refractivity contribution is 5.42. The average Bonchev–Trinajstić information content (AvgIpc) is 2.61. The van der Waals surface area contributed by atoms with E-state index in [4.69, 9.17) is 4.74 Å². The van der Waals surface area contributed by atoms with E-state index in [0.717, 1.165) is 17.2 Å². The van der Waals surface area contributed by atoms with E-state index in [-0.39, 0.29) is 0 Å². The molecule has 0 saturated carbocycles. The van der Waals surface area contributed by atoms with E-state index in [0.29, 0.717) is 11.8 Å². The Balaban J connectivity index is 2.71. The lowest BCUT2D eigenvalue weighted by molar-refractivity contribution is 0.397. The van der Waals surface area contributed by atoms with Gasteiger partial charge in [0.15, 0.2) is 5.65 Å². The molecule has 0 unspecified atom stereocenters. The van der Waals surface area contributed by atoms with E-state index in [2.05, 4.69) is 28.2 Å². The highest BCUT2D eigenvalue weighted by Crippen LogP contribution is 2.19. The van der Waals surface area contributed by atoms with Crippen LogP contribution < -0.4 is 4.74 Å². The summed E-state index contributed by atoms with van der Waals surface area (Å²) in [5.41, 5.74) is 1.94.